The van der Waals surface area contributed by atoms with Crippen molar-refractivity contribution < 1.29 is 4.79 Å². The topological polar surface area (TPSA) is 33.5 Å². The first-order chi connectivity index (χ1) is 13.3. The lowest BCUT2D eigenvalue weighted by Gasteiger charge is -2.00. The minimum atomic E-state index is 0.212. The minimum Gasteiger partial charge on any atom is -0.353 e. The maximum Gasteiger partial charge on any atom is 0.220 e. The maximum absolute atomic E-state index is 11.5. The van der Waals surface area contributed by atoms with E-state index in [4.69, 9.17) is 6.57 Å². The van der Waals surface area contributed by atoms with Crippen molar-refractivity contribution in [2.75, 3.05) is 6.54 Å². The number of allylic oxidation sites excluding steroid dienone is 8. The average molecular weight is 369 g/mol. The molecule has 1 aliphatic rings. The molecule has 3 heteroatoms. The van der Waals surface area contributed by atoms with Gasteiger partial charge in [-0.25, -0.2) is 6.57 Å². The third-order valence-electron chi connectivity index (χ3n) is 4.34. The van der Waals surface area contributed by atoms with E-state index in [0.717, 1.165) is 64.2 Å². The highest BCUT2D eigenvalue weighted by Gasteiger charge is 2.22. The van der Waals surface area contributed by atoms with E-state index >= 15 is 0 Å². The summed E-state index contributed by atoms with van der Waals surface area (Å²) < 4.78 is 0. The van der Waals surface area contributed by atoms with Crippen LogP contribution in [0.2, 0.25) is 0 Å². The molecular formula is C24H36N2O. The Labute approximate surface area is 166 Å². The second-order valence-electron chi connectivity index (χ2n) is 7.06. The summed E-state index contributed by atoms with van der Waals surface area (Å²) >= 11 is 0. The largest absolute Gasteiger partial charge is 0.353 e. The molecule has 0 radical (unpaired) electrons. The molecule has 0 bridgehead atoms. The molecule has 1 fully saturated rings. The number of unbranched alkanes of at least 4 members (excludes halogenated alkanes) is 4. The molecule has 0 aromatic rings. The second kappa shape index (κ2) is 17.3. The Balaban J connectivity index is 1.85. The number of nitrogens with one attached hydrogen (secondary N) is 1. The van der Waals surface area contributed by atoms with Crippen molar-refractivity contribution in [3.05, 3.63) is 60.0 Å². The fourth-order valence-corrected chi connectivity index (χ4v) is 2.59. The number of nitrogens with zero attached hydrogens (tertiary/aromatic N) is 1. The van der Waals surface area contributed by atoms with Crippen molar-refractivity contribution in [3.63, 3.8) is 0 Å². The number of carbonyl (C=O) groups is 1. The number of amides is 1. The standard InChI is InChI=1S/C24H36N2O/c1-25-22-18-16-14-12-10-8-6-4-2-3-5-7-9-11-13-15-17-19-24(27)26-23-20-21-23/h2,4-5,7-8,10-11,13,23H,3,6,9,12,14-22H2,(H,26,27)/b4-2-,7-5-,10-8-,13-11-. The van der Waals surface area contributed by atoms with Crippen molar-refractivity contribution in [2.45, 2.75) is 83.1 Å². The Morgan fingerprint density at radius 2 is 1.37 bits per heavy atom. The van der Waals surface area contributed by atoms with Crippen LogP contribution in [0.3, 0.4) is 0 Å². The van der Waals surface area contributed by atoms with E-state index < -0.39 is 0 Å². The van der Waals surface area contributed by atoms with Crippen LogP contribution in [0.25, 0.3) is 4.85 Å². The van der Waals surface area contributed by atoms with Crippen LogP contribution in [-0.2, 0) is 4.79 Å². The van der Waals surface area contributed by atoms with Crippen molar-refractivity contribution in [1.29, 1.82) is 0 Å². The smallest absolute Gasteiger partial charge is 0.220 e. The van der Waals surface area contributed by atoms with Gasteiger partial charge in [0.05, 0.1) is 0 Å². The molecule has 27 heavy (non-hydrogen) atoms. The molecule has 0 heterocycles. The molecule has 1 aliphatic carbocycles. The maximum atomic E-state index is 11.5. The molecule has 1 amide bonds. The van der Waals surface area contributed by atoms with E-state index in [1.807, 2.05) is 0 Å². The molecule has 0 atom stereocenters. The molecular weight excluding hydrogens is 332 g/mol. The van der Waals surface area contributed by atoms with E-state index in [9.17, 15) is 4.79 Å². The molecule has 0 spiro atoms. The van der Waals surface area contributed by atoms with Crippen molar-refractivity contribution in [3.8, 4) is 0 Å². The first-order valence-electron chi connectivity index (χ1n) is 10.6. The summed E-state index contributed by atoms with van der Waals surface area (Å²) in [7, 11) is 0. The molecule has 1 N–H and O–H groups in total. The molecule has 1 rings (SSSR count). The van der Waals surface area contributed by atoms with Crippen molar-refractivity contribution >= 4 is 5.91 Å². The second-order valence-corrected chi connectivity index (χ2v) is 7.06. The lowest BCUT2D eigenvalue weighted by atomic mass is 10.2. The Morgan fingerprint density at radius 1 is 0.815 bits per heavy atom. The third kappa shape index (κ3) is 17.1. The highest BCUT2D eigenvalue weighted by Crippen LogP contribution is 2.18. The zero-order valence-corrected chi connectivity index (χ0v) is 16.7. The van der Waals surface area contributed by atoms with Gasteiger partial charge in [-0.2, -0.15) is 0 Å². The Bertz CT molecular complexity index is 533. The van der Waals surface area contributed by atoms with Gasteiger partial charge in [0.15, 0.2) is 0 Å². The molecule has 3 nitrogen and oxygen atoms in total. The van der Waals surface area contributed by atoms with E-state index in [2.05, 4.69) is 58.8 Å². The van der Waals surface area contributed by atoms with Crippen LogP contribution in [0.4, 0.5) is 0 Å². The van der Waals surface area contributed by atoms with Gasteiger partial charge in [0.1, 0.15) is 0 Å². The summed E-state index contributed by atoms with van der Waals surface area (Å²) in [6.07, 6.45) is 30.0. The van der Waals surface area contributed by atoms with Gasteiger partial charge in [0.2, 0.25) is 12.5 Å². The third-order valence-corrected chi connectivity index (χ3v) is 4.34. The summed E-state index contributed by atoms with van der Waals surface area (Å²) in [6, 6.07) is 0.481. The van der Waals surface area contributed by atoms with E-state index in [0.29, 0.717) is 19.0 Å². The molecule has 0 aliphatic heterocycles. The van der Waals surface area contributed by atoms with Gasteiger partial charge < -0.3 is 10.2 Å². The normalized spacial score (nSPS) is 14.6. The SMILES string of the molecule is [C-]#[N+]CCCCC/C=C\C/C=C\C/C=C\C/C=C\CCCC(=O)NC1CC1. The quantitative estimate of drug-likeness (QED) is 0.193. The highest BCUT2D eigenvalue weighted by molar-refractivity contribution is 5.76. The average Bonchev–Trinajstić information content (AvgIpc) is 3.47. The highest BCUT2D eigenvalue weighted by atomic mass is 16.1. The van der Waals surface area contributed by atoms with Gasteiger partial charge in [-0.3, -0.25) is 4.79 Å². The fourth-order valence-electron chi connectivity index (χ4n) is 2.59. The summed E-state index contributed by atoms with van der Waals surface area (Å²) in [4.78, 5) is 14.9. The van der Waals surface area contributed by atoms with Gasteiger partial charge in [-0.1, -0.05) is 48.6 Å². The summed E-state index contributed by atoms with van der Waals surface area (Å²) in [5.74, 6) is 0.212. The van der Waals surface area contributed by atoms with Crippen LogP contribution in [0.15, 0.2) is 48.6 Å². The lowest BCUT2D eigenvalue weighted by molar-refractivity contribution is -0.121. The molecule has 1 saturated carbocycles. The zero-order chi connectivity index (χ0) is 19.4. The van der Waals surface area contributed by atoms with Crippen LogP contribution < -0.4 is 5.32 Å². The van der Waals surface area contributed by atoms with E-state index in [1.54, 1.807) is 0 Å². The van der Waals surface area contributed by atoms with Gasteiger partial charge in [-0.05, 0) is 64.2 Å². The first kappa shape index (κ1) is 23.0. The zero-order valence-electron chi connectivity index (χ0n) is 16.7. The Hall–Kier alpha value is -2.08. The number of hydrogen-bond acceptors (Lipinski definition) is 1. The van der Waals surface area contributed by atoms with Crippen LogP contribution in [0, 0.1) is 6.57 Å². The lowest BCUT2D eigenvalue weighted by Crippen LogP contribution is -2.24. The van der Waals surface area contributed by atoms with E-state index in [-0.39, 0.29) is 5.91 Å². The summed E-state index contributed by atoms with van der Waals surface area (Å²) in [6.45, 7) is 7.39. The monoisotopic (exact) mass is 368 g/mol. The van der Waals surface area contributed by atoms with Gasteiger partial charge in [0.25, 0.3) is 0 Å². The van der Waals surface area contributed by atoms with Crippen LogP contribution in [-0.4, -0.2) is 18.5 Å². The number of rotatable bonds is 16. The molecule has 0 saturated heterocycles. The van der Waals surface area contributed by atoms with Gasteiger partial charge in [0, 0.05) is 18.9 Å². The fraction of sp³-hybridized carbons (Fsp3) is 0.583. The first-order valence-corrected chi connectivity index (χ1v) is 10.6. The van der Waals surface area contributed by atoms with Crippen LogP contribution in [0.5, 0.6) is 0 Å². The molecule has 0 aromatic carbocycles. The predicted octanol–water partition coefficient (Wildman–Crippen LogP) is 6.31. The minimum absolute atomic E-state index is 0.212. The van der Waals surface area contributed by atoms with Crippen molar-refractivity contribution in [1.82, 2.24) is 5.32 Å². The number of carbonyl (C=O) groups excluding carboxylic acids is 1. The van der Waals surface area contributed by atoms with Crippen LogP contribution in [0.1, 0.15) is 77.0 Å². The van der Waals surface area contributed by atoms with Gasteiger partial charge >= 0.3 is 0 Å². The Morgan fingerprint density at radius 3 is 1.93 bits per heavy atom. The van der Waals surface area contributed by atoms with Crippen molar-refractivity contribution in [2.24, 2.45) is 0 Å². The Kier molecular flexibility index (Phi) is 14.7. The molecule has 0 unspecified atom stereocenters. The van der Waals surface area contributed by atoms with Crippen LogP contribution >= 0.6 is 0 Å². The van der Waals surface area contributed by atoms with Gasteiger partial charge in [-0.15, -0.1) is 0 Å². The number of hydrogen-bond donors (Lipinski definition) is 1. The molecule has 0 aromatic heterocycles. The summed E-state index contributed by atoms with van der Waals surface area (Å²) in [5, 5.41) is 3.02. The summed E-state index contributed by atoms with van der Waals surface area (Å²) in [5.41, 5.74) is 0. The van der Waals surface area contributed by atoms with E-state index in [1.165, 1.54) is 6.42 Å². The predicted molar refractivity (Wildman–Crippen MR) is 115 cm³/mol. The molecule has 148 valence electrons.